The Kier molecular flexibility index (Phi) is 5.77. The van der Waals surface area contributed by atoms with Gasteiger partial charge < -0.3 is 10.1 Å². The van der Waals surface area contributed by atoms with E-state index in [4.69, 9.17) is 4.74 Å². The average molecular weight is 470 g/mol. The standard InChI is InChI=1S/C20H16BrN5O2S/c1-28-16-4-2-3-13(11-16)17-9-10-18-23-24-20(26(18)25-17)29-12-19(27)22-15-7-5-14(21)6-8-15/h2-11H,12H2,1H3,(H,22,27). The highest BCUT2D eigenvalue weighted by atomic mass is 79.9. The molecular formula is C20H16BrN5O2S. The molecule has 0 saturated carbocycles. The number of anilines is 1. The average Bonchev–Trinajstić information content (AvgIpc) is 3.16. The van der Waals surface area contributed by atoms with Crippen molar-refractivity contribution < 1.29 is 9.53 Å². The summed E-state index contributed by atoms with van der Waals surface area (Å²) >= 11 is 4.65. The molecule has 146 valence electrons. The van der Waals surface area contributed by atoms with Gasteiger partial charge in [-0.2, -0.15) is 9.61 Å². The molecule has 0 fully saturated rings. The number of carbonyl (C=O) groups is 1. The van der Waals surface area contributed by atoms with Gasteiger partial charge in [0.2, 0.25) is 11.1 Å². The van der Waals surface area contributed by atoms with Crippen molar-refractivity contribution in [3.05, 3.63) is 65.1 Å². The number of hydrogen-bond acceptors (Lipinski definition) is 6. The zero-order chi connectivity index (χ0) is 20.2. The van der Waals surface area contributed by atoms with E-state index in [1.807, 2.05) is 60.7 Å². The minimum Gasteiger partial charge on any atom is -0.497 e. The second kappa shape index (κ2) is 8.62. The molecule has 29 heavy (non-hydrogen) atoms. The number of fused-ring (bicyclic) bond motifs is 1. The fourth-order valence-electron chi connectivity index (χ4n) is 2.66. The summed E-state index contributed by atoms with van der Waals surface area (Å²) in [6.07, 6.45) is 0. The van der Waals surface area contributed by atoms with Crippen LogP contribution < -0.4 is 10.1 Å². The molecule has 2 heterocycles. The number of nitrogens with one attached hydrogen (secondary N) is 1. The monoisotopic (exact) mass is 469 g/mol. The summed E-state index contributed by atoms with van der Waals surface area (Å²) in [4.78, 5) is 12.3. The van der Waals surface area contributed by atoms with Gasteiger partial charge in [-0.05, 0) is 48.5 Å². The van der Waals surface area contributed by atoms with Crippen LogP contribution in [0.25, 0.3) is 16.9 Å². The highest BCUT2D eigenvalue weighted by Gasteiger charge is 2.12. The van der Waals surface area contributed by atoms with Gasteiger partial charge in [-0.25, -0.2) is 0 Å². The molecule has 4 rings (SSSR count). The lowest BCUT2D eigenvalue weighted by Gasteiger charge is -2.06. The third kappa shape index (κ3) is 4.57. The van der Waals surface area contributed by atoms with Gasteiger partial charge in [0, 0.05) is 15.7 Å². The summed E-state index contributed by atoms with van der Waals surface area (Å²) in [5.74, 6) is 0.826. The third-order valence-electron chi connectivity index (χ3n) is 4.06. The molecule has 0 unspecified atom stereocenters. The maximum atomic E-state index is 12.3. The first-order valence-corrected chi connectivity index (χ1v) is 10.5. The van der Waals surface area contributed by atoms with Gasteiger partial charge in [0.15, 0.2) is 5.65 Å². The Morgan fingerprint density at radius 3 is 2.76 bits per heavy atom. The van der Waals surface area contributed by atoms with Gasteiger partial charge in [0.1, 0.15) is 5.75 Å². The summed E-state index contributed by atoms with van der Waals surface area (Å²) < 4.78 is 7.88. The van der Waals surface area contributed by atoms with Crippen molar-refractivity contribution >= 4 is 44.9 Å². The number of amides is 1. The molecule has 4 aromatic rings. The lowest BCUT2D eigenvalue weighted by Crippen LogP contribution is -2.14. The largest absolute Gasteiger partial charge is 0.497 e. The molecule has 9 heteroatoms. The maximum absolute atomic E-state index is 12.3. The summed E-state index contributed by atoms with van der Waals surface area (Å²) in [6, 6.07) is 18.8. The molecule has 0 radical (unpaired) electrons. The van der Waals surface area contributed by atoms with Crippen LogP contribution in [0, 0.1) is 0 Å². The fourth-order valence-corrected chi connectivity index (χ4v) is 3.61. The summed E-state index contributed by atoms with van der Waals surface area (Å²) in [5, 5.41) is 16.3. The highest BCUT2D eigenvalue weighted by Crippen LogP contribution is 2.24. The Morgan fingerprint density at radius 1 is 1.14 bits per heavy atom. The van der Waals surface area contributed by atoms with E-state index in [9.17, 15) is 4.79 Å². The van der Waals surface area contributed by atoms with Crippen LogP contribution in [0.4, 0.5) is 5.69 Å². The van der Waals surface area contributed by atoms with Gasteiger partial charge in [-0.15, -0.1) is 10.2 Å². The first-order valence-electron chi connectivity index (χ1n) is 8.67. The van der Waals surface area contributed by atoms with Crippen LogP contribution in [0.2, 0.25) is 0 Å². The highest BCUT2D eigenvalue weighted by molar-refractivity contribution is 9.10. The molecule has 0 aliphatic heterocycles. The maximum Gasteiger partial charge on any atom is 0.234 e. The molecule has 2 aromatic heterocycles. The molecule has 0 aliphatic rings. The van der Waals surface area contributed by atoms with E-state index < -0.39 is 0 Å². The van der Waals surface area contributed by atoms with Crippen molar-refractivity contribution in [1.29, 1.82) is 0 Å². The molecule has 2 aromatic carbocycles. The number of rotatable bonds is 6. The first-order chi connectivity index (χ1) is 14.1. The number of aromatic nitrogens is 4. The number of ether oxygens (including phenoxy) is 1. The minimum absolute atomic E-state index is 0.127. The zero-order valence-electron chi connectivity index (χ0n) is 15.4. The Labute approximate surface area is 179 Å². The summed E-state index contributed by atoms with van der Waals surface area (Å²) in [5.41, 5.74) is 3.04. The van der Waals surface area contributed by atoms with Gasteiger partial charge in [0.25, 0.3) is 0 Å². The number of nitrogens with zero attached hydrogens (tertiary/aromatic N) is 4. The molecule has 0 aliphatic carbocycles. The predicted molar refractivity (Wildman–Crippen MR) is 116 cm³/mol. The van der Waals surface area contributed by atoms with E-state index in [-0.39, 0.29) is 11.7 Å². The topological polar surface area (TPSA) is 81.4 Å². The lowest BCUT2D eigenvalue weighted by atomic mass is 10.1. The smallest absolute Gasteiger partial charge is 0.234 e. The molecule has 1 N–H and O–H groups in total. The molecule has 0 saturated heterocycles. The van der Waals surface area contributed by atoms with E-state index >= 15 is 0 Å². The molecular weight excluding hydrogens is 454 g/mol. The van der Waals surface area contributed by atoms with Crippen LogP contribution in [0.5, 0.6) is 5.75 Å². The van der Waals surface area contributed by atoms with Crippen molar-refractivity contribution in [1.82, 2.24) is 19.8 Å². The van der Waals surface area contributed by atoms with Crippen molar-refractivity contribution in [2.75, 3.05) is 18.2 Å². The quantitative estimate of drug-likeness (QED) is 0.424. The van der Waals surface area contributed by atoms with Crippen LogP contribution >= 0.6 is 27.7 Å². The van der Waals surface area contributed by atoms with Crippen molar-refractivity contribution in [2.24, 2.45) is 0 Å². The first kappa shape index (κ1) is 19.4. The van der Waals surface area contributed by atoms with Crippen LogP contribution in [0.3, 0.4) is 0 Å². The third-order valence-corrected chi connectivity index (χ3v) is 5.51. The van der Waals surface area contributed by atoms with Gasteiger partial charge in [-0.3, -0.25) is 4.79 Å². The normalized spacial score (nSPS) is 10.8. The molecule has 7 nitrogen and oxygen atoms in total. The van der Waals surface area contributed by atoms with Crippen molar-refractivity contribution in [3.8, 4) is 17.0 Å². The predicted octanol–water partition coefficient (Wildman–Crippen LogP) is 4.29. The van der Waals surface area contributed by atoms with Gasteiger partial charge in [-0.1, -0.05) is 39.8 Å². The Bertz CT molecular complexity index is 1160. The van der Waals surface area contributed by atoms with Crippen LogP contribution in [-0.2, 0) is 4.79 Å². The van der Waals surface area contributed by atoms with E-state index in [0.717, 1.165) is 27.2 Å². The van der Waals surface area contributed by atoms with E-state index in [0.29, 0.717) is 10.8 Å². The number of thioether (sulfide) groups is 1. The van der Waals surface area contributed by atoms with Gasteiger partial charge in [0.05, 0.1) is 18.6 Å². The number of benzene rings is 2. The Hall–Kier alpha value is -2.91. The number of halogens is 1. The second-order valence-electron chi connectivity index (χ2n) is 6.05. The zero-order valence-corrected chi connectivity index (χ0v) is 17.8. The minimum atomic E-state index is -0.127. The van der Waals surface area contributed by atoms with Crippen LogP contribution in [0.15, 0.2) is 70.3 Å². The summed E-state index contributed by atoms with van der Waals surface area (Å²) in [7, 11) is 1.63. The van der Waals surface area contributed by atoms with E-state index in [1.54, 1.807) is 11.6 Å². The molecule has 1 amide bonds. The number of carbonyl (C=O) groups excluding carboxylic acids is 1. The molecule has 0 spiro atoms. The van der Waals surface area contributed by atoms with Gasteiger partial charge >= 0.3 is 0 Å². The SMILES string of the molecule is COc1cccc(-c2ccc3nnc(SCC(=O)Nc4ccc(Br)cc4)n3n2)c1. The Morgan fingerprint density at radius 2 is 1.97 bits per heavy atom. The molecule has 0 atom stereocenters. The van der Waals surface area contributed by atoms with Crippen molar-refractivity contribution in [2.45, 2.75) is 5.16 Å². The molecule has 0 bridgehead atoms. The van der Waals surface area contributed by atoms with E-state index in [1.165, 1.54) is 11.8 Å². The number of hydrogen-bond donors (Lipinski definition) is 1. The fraction of sp³-hybridized carbons (Fsp3) is 0.100. The van der Waals surface area contributed by atoms with Crippen molar-refractivity contribution in [3.63, 3.8) is 0 Å². The van der Waals surface area contributed by atoms with Crippen LogP contribution in [0.1, 0.15) is 0 Å². The van der Waals surface area contributed by atoms with E-state index in [2.05, 4.69) is 36.5 Å². The lowest BCUT2D eigenvalue weighted by molar-refractivity contribution is -0.113. The van der Waals surface area contributed by atoms with Crippen LogP contribution in [-0.4, -0.2) is 38.6 Å². The Balaban J connectivity index is 1.50. The summed E-state index contributed by atoms with van der Waals surface area (Å²) in [6.45, 7) is 0. The second-order valence-corrected chi connectivity index (χ2v) is 7.91. The number of methoxy groups -OCH3 is 1.